The van der Waals surface area contributed by atoms with E-state index < -0.39 is 5.41 Å². The van der Waals surface area contributed by atoms with Gasteiger partial charge in [-0.05, 0) is 122 Å². The molecule has 1 atom stereocenters. The highest BCUT2D eigenvalue weighted by molar-refractivity contribution is 7.99. The Balaban J connectivity index is 1.10. The Morgan fingerprint density at radius 3 is 1.91 bits per heavy atom. The van der Waals surface area contributed by atoms with E-state index in [2.05, 4.69) is 242 Å². The van der Waals surface area contributed by atoms with Crippen molar-refractivity contribution in [2.45, 2.75) is 34.5 Å². The fraction of sp³-hybridized carbons (Fsp3) is 0.0645. The minimum absolute atomic E-state index is 0.157. The van der Waals surface area contributed by atoms with E-state index in [9.17, 15) is 0 Å². The lowest BCUT2D eigenvalue weighted by atomic mass is 9.59. The molecule has 0 amide bonds. The maximum atomic E-state index is 2.56. The second kappa shape index (κ2) is 13.5. The maximum absolute atomic E-state index is 2.56. The van der Waals surface area contributed by atoms with E-state index in [4.69, 9.17) is 0 Å². The zero-order valence-corrected chi connectivity index (χ0v) is 36.9. The molecule has 1 aromatic heterocycles. The Kier molecular flexibility index (Phi) is 7.63. The second-order valence-electron chi connectivity index (χ2n) is 18.4. The lowest BCUT2D eigenvalue weighted by Gasteiger charge is -2.46. The first kappa shape index (κ1) is 36.8. The molecule has 2 aliphatic carbocycles. The highest BCUT2D eigenvalue weighted by Crippen LogP contribution is 2.62. The van der Waals surface area contributed by atoms with Crippen molar-refractivity contribution in [1.82, 2.24) is 4.57 Å². The molecule has 10 aromatic carbocycles. The van der Waals surface area contributed by atoms with E-state index in [0.29, 0.717) is 0 Å². The summed E-state index contributed by atoms with van der Waals surface area (Å²) in [5.41, 5.74) is 19.4. The minimum Gasteiger partial charge on any atom is -0.310 e. The molecule has 0 bridgehead atoms. The number of hydrogen-bond donors (Lipinski definition) is 0. The van der Waals surface area contributed by atoms with Crippen LogP contribution in [0.5, 0.6) is 0 Å². The fourth-order valence-electron chi connectivity index (χ4n) is 12.1. The third-order valence-electron chi connectivity index (χ3n) is 14.8. The summed E-state index contributed by atoms with van der Waals surface area (Å²) in [4.78, 5) is 5.14. The SMILES string of the molecule is CC1(C)c2ccccc2-c2c(N(c3ccc4c(c3)C3(c5ccccc5S4)c4ccccc4-c4cccc5cccc3c45)c3ccc4c5ccccc5n(-c5ccccc5)c4c3)cccc21. The van der Waals surface area contributed by atoms with Crippen LogP contribution >= 0.6 is 11.8 Å². The molecule has 3 aliphatic rings. The lowest BCUT2D eigenvalue weighted by Crippen LogP contribution is -2.36. The van der Waals surface area contributed by atoms with Crippen LogP contribution in [0.1, 0.15) is 47.2 Å². The van der Waals surface area contributed by atoms with Gasteiger partial charge in [-0.3, -0.25) is 0 Å². The van der Waals surface area contributed by atoms with Gasteiger partial charge in [-0.1, -0.05) is 183 Å². The molecule has 2 nitrogen and oxygen atoms in total. The lowest BCUT2D eigenvalue weighted by molar-refractivity contribution is 0.660. The van der Waals surface area contributed by atoms with E-state index in [0.717, 1.165) is 17.1 Å². The molecule has 0 saturated heterocycles. The second-order valence-corrected chi connectivity index (χ2v) is 19.5. The van der Waals surface area contributed by atoms with Gasteiger partial charge in [0.05, 0.1) is 22.1 Å². The van der Waals surface area contributed by atoms with E-state index in [-0.39, 0.29) is 5.41 Å². The monoisotopic (exact) mass is 846 g/mol. The predicted octanol–water partition coefficient (Wildman–Crippen LogP) is 16.5. The Hall–Kier alpha value is -7.59. The van der Waals surface area contributed by atoms with Crippen LogP contribution in [0.15, 0.2) is 228 Å². The molecule has 306 valence electrons. The van der Waals surface area contributed by atoms with Crippen LogP contribution < -0.4 is 4.90 Å². The topological polar surface area (TPSA) is 8.17 Å². The van der Waals surface area contributed by atoms with Gasteiger partial charge in [0.15, 0.2) is 0 Å². The molecule has 2 heterocycles. The average Bonchev–Trinajstić information content (AvgIpc) is 3.81. The summed E-state index contributed by atoms with van der Waals surface area (Å²) in [6, 6.07) is 82.2. The van der Waals surface area contributed by atoms with Gasteiger partial charge in [-0.2, -0.15) is 0 Å². The highest BCUT2D eigenvalue weighted by Gasteiger charge is 2.49. The number of benzene rings is 10. The van der Waals surface area contributed by atoms with Crippen molar-refractivity contribution in [3.8, 4) is 27.9 Å². The zero-order valence-electron chi connectivity index (χ0n) is 36.1. The van der Waals surface area contributed by atoms with Crippen molar-refractivity contribution in [2.75, 3.05) is 4.90 Å². The van der Waals surface area contributed by atoms with Gasteiger partial charge < -0.3 is 9.47 Å². The molecular weight excluding hydrogens is 805 g/mol. The van der Waals surface area contributed by atoms with Gasteiger partial charge in [-0.25, -0.2) is 0 Å². The molecule has 11 aromatic rings. The normalized spacial score (nSPS) is 16.0. The Morgan fingerprint density at radius 2 is 1.03 bits per heavy atom. The molecule has 0 saturated carbocycles. The van der Waals surface area contributed by atoms with Crippen LogP contribution in [-0.2, 0) is 10.8 Å². The molecule has 0 radical (unpaired) electrons. The summed E-state index contributed by atoms with van der Waals surface area (Å²) >= 11 is 1.90. The van der Waals surface area contributed by atoms with Gasteiger partial charge in [0, 0.05) is 48.6 Å². The summed E-state index contributed by atoms with van der Waals surface area (Å²) in [6.07, 6.45) is 0. The molecule has 65 heavy (non-hydrogen) atoms. The number of hydrogen-bond acceptors (Lipinski definition) is 2. The molecular formula is C62H42N2S. The summed E-state index contributed by atoms with van der Waals surface area (Å²) in [5, 5.41) is 5.09. The number of nitrogens with zero attached hydrogens (tertiary/aromatic N) is 2. The first-order valence-electron chi connectivity index (χ1n) is 22.7. The van der Waals surface area contributed by atoms with Gasteiger partial charge in [0.1, 0.15) is 0 Å². The predicted molar refractivity (Wildman–Crippen MR) is 272 cm³/mol. The Labute approximate surface area is 383 Å². The van der Waals surface area contributed by atoms with Gasteiger partial charge in [-0.15, -0.1) is 0 Å². The van der Waals surface area contributed by atoms with Crippen molar-refractivity contribution in [3.63, 3.8) is 0 Å². The summed E-state index contributed by atoms with van der Waals surface area (Å²) in [5.74, 6) is 0. The number of para-hydroxylation sites is 2. The third kappa shape index (κ3) is 4.91. The largest absolute Gasteiger partial charge is 0.310 e. The van der Waals surface area contributed by atoms with Crippen LogP contribution in [0.3, 0.4) is 0 Å². The van der Waals surface area contributed by atoms with Crippen molar-refractivity contribution in [1.29, 1.82) is 0 Å². The van der Waals surface area contributed by atoms with Crippen LogP contribution in [0.25, 0.3) is 60.5 Å². The first-order chi connectivity index (χ1) is 32.0. The number of anilines is 3. The quantitative estimate of drug-likeness (QED) is 0.174. The molecule has 0 N–H and O–H groups in total. The van der Waals surface area contributed by atoms with E-state index >= 15 is 0 Å². The van der Waals surface area contributed by atoms with Gasteiger partial charge >= 0.3 is 0 Å². The van der Waals surface area contributed by atoms with Crippen molar-refractivity contribution >= 4 is 61.4 Å². The number of fused-ring (bicyclic) bond motifs is 14. The molecule has 14 rings (SSSR count). The molecule has 1 aliphatic heterocycles. The first-order valence-corrected chi connectivity index (χ1v) is 23.5. The summed E-state index contributed by atoms with van der Waals surface area (Å²) < 4.78 is 2.44. The minimum atomic E-state index is -0.569. The van der Waals surface area contributed by atoms with E-state index in [1.54, 1.807) is 0 Å². The number of aromatic nitrogens is 1. The summed E-state index contributed by atoms with van der Waals surface area (Å²) in [6.45, 7) is 4.76. The Bertz CT molecular complexity index is 3800. The molecule has 0 fully saturated rings. The smallest absolute Gasteiger partial charge is 0.0736 e. The fourth-order valence-corrected chi connectivity index (χ4v) is 13.3. The average molecular weight is 847 g/mol. The van der Waals surface area contributed by atoms with Crippen molar-refractivity contribution in [2.24, 2.45) is 0 Å². The van der Waals surface area contributed by atoms with Crippen LogP contribution in [0.4, 0.5) is 17.1 Å². The van der Waals surface area contributed by atoms with E-state index in [1.165, 1.54) is 104 Å². The molecule has 1 spiro atoms. The Morgan fingerprint density at radius 1 is 0.415 bits per heavy atom. The summed E-state index contributed by atoms with van der Waals surface area (Å²) in [7, 11) is 0. The maximum Gasteiger partial charge on any atom is 0.0736 e. The zero-order chi connectivity index (χ0) is 43.0. The standard InChI is InChI=1S/C62H42N2S/c1-61(2)48-25-9-7-23-47(48)60-51(61)28-16-31-55(60)63(42-33-35-45-44-22-8-12-30-54(44)64(56(45)38-42)40-19-4-3-5-20-40)41-34-36-58-53(37-41)62(50-27-11-13-32-57(50)65-58)49-26-10-6-21-43(49)46-24-14-17-39-18-15-29-52(62)59(39)46/h3-38H,1-2H3. The highest BCUT2D eigenvalue weighted by atomic mass is 32.2. The number of rotatable bonds is 4. The van der Waals surface area contributed by atoms with Crippen LogP contribution in [-0.4, -0.2) is 4.57 Å². The van der Waals surface area contributed by atoms with Crippen molar-refractivity contribution < 1.29 is 0 Å². The van der Waals surface area contributed by atoms with Gasteiger partial charge in [0.25, 0.3) is 0 Å². The molecule has 3 heteroatoms. The van der Waals surface area contributed by atoms with Crippen LogP contribution in [0.2, 0.25) is 0 Å². The van der Waals surface area contributed by atoms with Gasteiger partial charge in [0.2, 0.25) is 0 Å². The van der Waals surface area contributed by atoms with Crippen molar-refractivity contribution in [3.05, 3.63) is 252 Å². The molecule has 1 unspecified atom stereocenters. The van der Waals surface area contributed by atoms with Crippen LogP contribution in [0, 0.1) is 0 Å². The third-order valence-corrected chi connectivity index (χ3v) is 16.0. The van der Waals surface area contributed by atoms with E-state index in [1.807, 2.05) is 11.8 Å².